The van der Waals surface area contributed by atoms with Gasteiger partial charge in [0.25, 0.3) is 0 Å². The predicted octanol–water partition coefficient (Wildman–Crippen LogP) is 8.97. The smallest absolute Gasteiger partial charge is 0.429 e. The lowest BCUT2D eigenvalue weighted by molar-refractivity contribution is -0.189. The number of aryl methyl sites for hydroxylation is 1. The Morgan fingerprint density at radius 2 is 1.37 bits per heavy atom. The van der Waals surface area contributed by atoms with Crippen LogP contribution in [0.4, 0.5) is 39.5 Å². The molecular weight excluding hydrogens is 559 g/mol. The van der Waals surface area contributed by atoms with Crippen molar-refractivity contribution in [2.75, 3.05) is 0 Å². The molecule has 0 aliphatic carbocycles. The number of benzene rings is 4. The molecule has 0 aliphatic rings. The number of halogens is 9. The van der Waals surface area contributed by atoms with Gasteiger partial charge in [-0.1, -0.05) is 36.1 Å². The molecule has 0 aliphatic heterocycles. The van der Waals surface area contributed by atoms with Crippen molar-refractivity contribution in [2.45, 2.75) is 19.0 Å². The molecule has 4 rings (SSSR count). The van der Waals surface area contributed by atoms with Crippen LogP contribution in [0.1, 0.15) is 28.7 Å². The molecule has 4 aromatic carbocycles. The Kier molecular flexibility index (Phi) is 8.47. The molecule has 0 heterocycles. The summed E-state index contributed by atoms with van der Waals surface area (Å²) >= 11 is 0. The number of hydrogen-bond donors (Lipinski definition) is 0. The summed E-state index contributed by atoms with van der Waals surface area (Å²) < 4.78 is 131. The van der Waals surface area contributed by atoms with E-state index in [1.807, 2.05) is 0 Å². The van der Waals surface area contributed by atoms with E-state index in [2.05, 4.69) is 23.2 Å². The Labute approximate surface area is 228 Å². The average Bonchev–Trinajstić information content (AvgIpc) is 2.89. The monoisotopic (exact) mass is 576 g/mol. The molecule has 0 spiro atoms. The van der Waals surface area contributed by atoms with Gasteiger partial charge in [0.05, 0.1) is 5.56 Å². The molecule has 1 nitrogen and oxygen atoms in total. The lowest BCUT2D eigenvalue weighted by atomic mass is 10.00. The van der Waals surface area contributed by atoms with Crippen LogP contribution in [0, 0.1) is 52.6 Å². The molecular formula is C31H17F9O. The van der Waals surface area contributed by atoms with E-state index in [-0.39, 0.29) is 28.8 Å². The molecule has 0 aromatic heterocycles. The number of allylic oxidation sites excluding steroid dienone is 1. The fourth-order valence-electron chi connectivity index (χ4n) is 3.85. The second-order valence-corrected chi connectivity index (χ2v) is 8.72. The third-order valence-electron chi connectivity index (χ3n) is 5.83. The minimum atomic E-state index is -4.77. The van der Waals surface area contributed by atoms with Crippen molar-refractivity contribution in [3.8, 4) is 28.7 Å². The Bertz CT molecular complexity index is 1650. The lowest BCUT2D eigenvalue weighted by Crippen LogP contribution is -2.25. The van der Waals surface area contributed by atoms with Crippen molar-refractivity contribution in [3.05, 3.63) is 136 Å². The summed E-state index contributed by atoms with van der Waals surface area (Å²) in [6.45, 7) is 3.61. The molecule has 0 unspecified atom stereocenters. The number of rotatable bonds is 7. The zero-order chi connectivity index (χ0) is 29.9. The van der Waals surface area contributed by atoms with E-state index in [0.717, 1.165) is 11.6 Å². The van der Waals surface area contributed by atoms with E-state index < -0.39 is 63.7 Å². The van der Waals surface area contributed by atoms with Gasteiger partial charge in [-0.05, 0) is 54.3 Å². The maximum atomic E-state index is 14.7. The molecule has 41 heavy (non-hydrogen) atoms. The summed E-state index contributed by atoms with van der Waals surface area (Å²) in [6.07, 6.45) is -1.82. The normalized spacial score (nSPS) is 11.1. The van der Waals surface area contributed by atoms with E-state index in [1.165, 1.54) is 24.3 Å². The first kappa shape index (κ1) is 29.3. The lowest BCUT2D eigenvalue weighted by Gasteiger charge is -2.19. The van der Waals surface area contributed by atoms with E-state index in [9.17, 15) is 39.5 Å². The molecule has 0 fully saturated rings. The summed E-state index contributed by atoms with van der Waals surface area (Å²) in [5, 5.41) is 0. The minimum absolute atomic E-state index is 0.0790. The maximum Gasteiger partial charge on any atom is 0.432 e. The van der Waals surface area contributed by atoms with Gasteiger partial charge < -0.3 is 4.74 Å². The molecule has 0 saturated heterocycles. The van der Waals surface area contributed by atoms with Crippen LogP contribution in [0.3, 0.4) is 0 Å². The van der Waals surface area contributed by atoms with E-state index in [4.69, 9.17) is 0 Å². The van der Waals surface area contributed by atoms with Crippen LogP contribution in [-0.4, -0.2) is 0 Å². The Balaban J connectivity index is 1.57. The van der Waals surface area contributed by atoms with E-state index >= 15 is 0 Å². The standard InChI is InChI=1S/C31H17F9O/c1-2-3-4-17-6-10-22(24(33)11-17)20-9-8-19(23(32)14-20)7-5-18-12-25(34)29(26(35)13-18)31(39,40)41-21-15-27(36)30(38)28(37)16-21/h2,6,8-16H,1,3-4H2. The molecule has 0 saturated carbocycles. The highest BCUT2D eigenvalue weighted by Gasteiger charge is 2.41. The second-order valence-electron chi connectivity index (χ2n) is 8.72. The van der Waals surface area contributed by atoms with Crippen LogP contribution in [0.15, 0.2) is 73.3 Å². The molecule has 10 heteroatoms. The quantitative estimate of drug-likeness (QED) is 0.0924. The average molecular weight is 576 g/mol. The third kappa shape index (κ3) is 6.57. The van der Waals surface area contributed by atoms with Gasteiger partial charge in [0.2, 0.25) is 0 Å². The van der Waals surface area contributed by atoms with Crippen LogP contribution in [0.2, 0.25) is 0 Å². The van der Waals surface area contributed by atoms with E-state index in [1.54, 1.807) is 12.1 Å². The van der Waals surface area contributed by atoms with Crippen LogP contribution in [0.25, 0.3) is 11.1 Å². The molecule has 4 aromatic rings. The van der Waals surface area contributed by atoms with Crippen LogP contribution in [0.5, 0.6) is 5.75 Å². The van der Waals surface area contributed by atoms with Gasteiger partial charge in [0, 0.05) is 23.3 Å². The summed E-state index contributed by atoms with van der Waals surface area (Å²) in [7, 11) is 0. The number of hydrogen-bond acceptors (Lipinski definition) is 1. The molecule has 0 N–H and O–H groups in total. The van der Waals surface area contributed by atoms with Crippen molar-refractivity contribution in [1.82, 2.24) is 0 Å². The van der Waals surface area contributed by atoms with Crippen LogP contribution < -0.4 is 4.74 Å². The Morgan fingerprint density at radius 3 is 1.95 bits per heavy atom. The van der Waals surface area contributed by atoms with Gasteiger partial charge in [-0.15, -0.1) is 6.58 Å². The van der Waals surface area contributed by atoms with Gasteiger partial charge >= 0.3 is 6.11 Å². The van der Waals surface area contributed by atoms with Crippen molar-refractivity contribution in [3.63, 3.8) is 0 Å². The first-order chi connectivity index (χ1) is 19.4. The third-order valence-corrected chi connectivity index (χ3v) is 5.83. The summed E-state index contributed by atoms with van der Waals surface area (Å²) in [5.74, 6) is -7.41. The van der Waals surface area contributed by atoms with Crippen LogP contribution >= 0.6 is 0 Å². The van der Waals surface area contributed by atoms with Crippen LogP contribution in [-0.2, 0) is 12.5 Å². The Hall–Kier alpha value is -4.65. The fraction of sp³-hybridized carbons (Fsp3) is 0.0968. The maximum absolute atomic E-state index is 14.7. The number of ether oxygens (including phenoxy) is 1. The fourth-order valence-corrected chi connectivity index (χ4v) is 3.85. The van der Waals surface area contributed by atoms with Gasteiger partial charge in [-0.3, -0.25) is 0 Å². The first-order valence-corrected chi connectivity index (χ1v) is 11.8. The predicted molar refractivity (Wildman–Crippen MR) is 133 cm³/mol. The highest BCUT2D eigenvalue weighted by molar-refractivity contribution is 5.66. The second kappa shape index (κ2) is 11.8. The van der Waals surface area contributed by atoms with Gasteiger partial charge in [0.15, 0.2) is 17.5 Å². The zero-order valence-corrected chi connectivity index (χ0v) is 20.8. The van der Waals surface area contributed by atoms with Crippen molar-refractivity contribution in [1.29, 1.82) is 0 Å². The zero-order valence-electron chi connectivity index (χ0n) is 20.8. The van der Waals surface area contributed by atoms with Gasteiger partial charge in [0.1, 0.15) is 34.6 Å². The topological polar surface area (TPSA) is 9.23 Å². The molecule has 0 atom stereocenters. The van der Waals surface area contributed by atoms with Gasteiger partial charge in [-0.2, -0.15) is 8.78 Å². The largest absolute Gasteiger partial charge is 0.432 e. The molecule has 0 bridgehead atoms. The summed E-state index contributed by atoms with van der Waals surface area (Å²) in [4.78, 5) is 0. The summed E-state index contributed by atoms with van der Waals surface area (Å²) in [5.41, 5.74) is -1.49. The highest BCUT2D eigenvalue weighted by Crippen LogP contribution is 2.36. The van der Waals surface area contributed by atoms with Crippen molar-refractivity contribution in [2.24, 2.45) is 0 Å². The first-order valence-electron chi connectivity index (χ1n) is 11.8. The Morgan fingerprint density at radius 1 is 0.707 bits per heavy atom. The van der Waals surface area contributed by atoms with Gasteiger partial charge in [-0.25, -0.2) is 30.7 Å². The number of alkyl halides is 2. The summed E-state index contributed by atoms with van der Waals surface area (Å²) in [6, 6.07) is 9.16. The molecule has 0 radical (unpaired) electrons. The minimum Gasteiger partial charge on any atom is -0.429 e. The molecule has 210 valence electrons. The van der Waals surface area contributed by atoms with Crippen molar-refractivity contribution >= 4 is 0 Å². The van der Waals surface area contributed by atoms with Crippen molar-refractivity contribution < 1.29 is 44.3 Å². The van der Waals surface area contributed by atoms with E-state index in [0.29, 0.717) is 25.0 Å². The molecule has 0 amide bonds. The highest BCUT2D eigenvalue weighted by atomic mass is 19.3. The SMILES string of the molecule is C=CCCc1ccc(-c2ccc(C#Cc3cc(F)c(C(F)(F)Oc4cc(F)c(F)c(F)c4)c(F)c3)c(F)c2)c(F)c1.